The van der Waals surface area contributed by atoms with Gasteiger partial charge >= 0.3 is 0 Å². The Hall–Kier alpha value is -0.530. The largest absolute Gasteiger partial charge is 0.373 e. The van der Waals surface area contributed by atoms with Gasteiger partial charge in [0, 0.05) is 17.3 Å². The third-order valence-corrected chi connectivity index (χ3v) is 3.74. The number of carbonyl (C=O) groups excluding carboxylic acids is 1. The SMILES string of the molecule is CC1COC(CBr)CN1C(=O)c1csnn1. The summed E-state index contributed by atoms with van der Waals surface area (Å²) in [5.74, 6) is -0.0597. The zero-order valence-electron chi connectivity index (χ0n) is 8.80. The number of nitrogens with zero attached hydrogens (tertiary/aromatic N) is 3. The molecule has 1 aromatic rings. The highest BCUT2D eigenvalue weighted by atomic mass is 79.9. The van der Waals surface area contributed by atoms with E-state index in [1.165, 1.54) is 11.5 Å². The minimum absolute atomic E-state index is 0.0597. The Labute approximate surface area is 106 Å². The van der Waals surface area contributed by atoms with Crippen LogP contribution in [0.15, 0.2) is 5.38 Å². The average molecular weight is 306 g/mol. The number of halogens is 1. The standard InChI is InChI=1S/C9H12BrN3O2S/c1-6-4-15-7(2-10)3-13(6)9(14)8-5-16-12-11-8/h5-7H,2-4H2,1H3. The van der Waals surface area contributed by atoms with Gasteiger partial charge in [-0.3, -0.25) is 4.79 Å². The van der Waals surface area contributed by atoms with Crippen LogP contribution in [0.5, 0.6) is 0 Å². The first kappa shape index (κ1) is 11.9. The van der Waals surface area contributed by atoms with Crippen molar-refractivity contribution in [3.63, 3.8) is 0 Å². The maximum Gasteiger partial charge on any atom is 0.275 e. The van der Waals surface area contributed by atoms with Crippen LogP contribution in [0.1, 0.15) is 17.4 Å². The number of morpholine rings is 1. The van der Waals surface area contributed by atoms with E-state index < -0.39 is 0 Å². The molecule has 2 heterocycles. The Morgan fingerprint density at radius 2 is 2.62 bits per heavy atom. The molecule has 1 aliphatic heterocycles. The number of rotatable bonds is 2. The number of ether oxygens (including phenoxy) is 1. The van der Waals surface area contributed by atoms with Gasteiger partial charge in [-0.2, -0.15) is 0 Å². The highest BCUT2D eigenvalue weighted by molar-refractivity contribution is 9.09. The van der Waals surface area contributed by atoms with Crippen molar-refractivity contribution in [2.24, 2.45) is 0 Å². The highest BCUT2D eigenvalue weighted by Crippen LogP contribution is 2.16. The topological polar surface area (TPSA) is 55.3 Å². The summed E-state index contributed by atoms with van der Waals surface area (Å²) in [6.07, 6.45) is 0.0618. The maximum absolute atomic E-state index is 12.1. The number of hydrogen-bond acceptors (Lipinski definition) is 5. The van der Waals surface area contributed by atoms with E-state index in [-0.39, 0.29) is 18.1 Å². The van der Waals surface area contributed by atoms with Crippen molar-refractivity contribution in [3.05, 3.63) is 11.1 Å². The van der Waals surface area contributed by atoms with E-state index >= 15 is 0 Å². The molecular weight excluding hydrogens is 294 g/mol. The van der Waals surface area contributed by atoms with Crippen molar-refractivity contribution in [2.75, 3.05) is 18.5 Å². The van der Waals surface area contributed by atoms with Gasteiger partial charge in [-0.05, 0) is 18.5 Å². The van der Waals surface area contributed by atoms with Crippen molar-refractivity contribution >= 4 is 33.4 Å². The molecule has 1 amide bonds. The van der Waals surface area contributed by atoms with Crippen LogP contribution >= 0.6 is 27.5 Å². The average Bonchev–Trinajstić information content (AvgIpc) is 2.82. The molecule has 5 nitrogen and oxygen atoms in total. The van der Waals surface area contributed by atoms with Crippen molar-refractivity contribution in [3.8, 4) is 0 Å². The third kappa shape index (κ3) is 2.41. The molecule has 88 valence electrons. The normalized spacial score (nSPS) is 25.8. The second kappa shape index (κ2) is 5.20. The lowest BCUT2D eigenvalue weighted by atomic mass is 10.2. The molecule has 1 aromatic heterocycles. The smallest absolute Gasteiger partial charge is 0.275 e. The van der Waals surface area contributed by atoms with E-state index in [0.717, 1.165) is 5.33 Å². The lowest BCUT2D eigenvalue weighted by molar-refractivity contribution is -0.0363. The Bertz CT molecular complexity index is 360. The molecule has 2 atom stereocenters. The predicted molar refractivity (Wildman–Crippen MR) is 63.9 cm³/mol. The first-order chi connectivity index (χ1) is 7.72. The number of aromatic nitrogens is 2. The third-order valence-electron chi connectivity index (χ3n) is 2.52. The van der Waals surface area contributed by atoms with Gasteiger partial charge in [0.25, 0.3) is 5.91 Å². The molecule has 0 N–H and O–H groups in total. The Kier molecular flexibility index (Phi) is 3.88. The molecule has 7 heteroatoms. The van der Waals surface area contributed by atoms with Gasteiger partial charge in [-0.25, -0.2) is 0 Å². The molecule has 0 aromatic carbocycles. The monoisotopic (exact) mass is 305 g/mol. The van der Waals surface area contributed by atoms with Gasteiger partial charge in [-0.15, -0.1) is 5.10 Å². The van der Waals surface area contributed by atoms with E-state index in [1.54, 1.807) is 10.3 Å². The van der Waals surface area contributed by atoms with E-state index in [0.29, 0.717) is 18.8 Å². The fourth-order valence-electron chi connectivity index (χ4n) is 1.60. The fourth-order valence-corrected chi connectivity index (χ4v) is 2.42. The minimum Gasteiger partial charge on any atom is -0.373 e. The number of hydrogen-bond donors (Lipinski definition) is 0. The molecule has 0 aliphatic carbocycles. The molecule has 0 saturated carbocycles. The number of alkyl halides is 1. The van der Waals surface area contributed by atoms with Crippen LogP contribution in [-0.4, -0.2) is 51.0 Å². The fraction of sp³-hybridized carbons (Fsp3) is 0.667. The summed E-state index contributed by atoms with van der Waals surface area (Å²) < 4.78 is 9.27. The molecule has 2 rings (SSSR count). The molecule has 0 spiro atoms. The van der Waals surface area contributed by atoms with Gasteiger partial charge in [0.05, 0.1) is 18.8 Å². The minimum atomic E-state index is -0.0597. The maximum atomic E-state index is 12.1. The predicted octanol–water partition coefficient (Wildman–Crippen LogP) is 1.16. The van der Waals surface area contributed by atoms with Gasteiger partial charge in [0.2, 0.25) is 0 Å². The van der Waals surface area contributed by atoms with Gasteiger partial charge in [0.1, 0.15) is 0 Å². The summed E-state index contributed by atoms with van der Waals surface area (Å²) in [4.78, 5) is 13.9. The van der Waals surface area contributed by atoms with Crippen LogP contribution in [0.25, 0.3) is 0 Å². The van der Waals surface area contributed by atoms with E-state index in [9.17, 15) is 4.79 Å². The van der Waals surface area contributed by atoms with Crippen LogP contribution in [0, 0.1) is 0 Å². The molecule has 1 fully saturated rings. The summed E-state index contributed by atoms with van der Waals surface area (Å²) in [5.41, 5.74) is 0.423. The van der Waals surface area contributed by atoms with Gasteiger partial charge < -0.3 is 9.64 Å². The molecule has 1 aliphatic rings. The van der Waals surface area contributed by atoms with E-state index in [1.807, 2.05) is 6.92 Å². The van der Waals surface area contributed by atoms with Crippen molar-refractivity contribution < 1.29 is 9.53 Å². The Morgan fingerprint density at radius 3 is 3.25 bits per heavy atom. The zero-order valence-corrected chi connectivity index (χ0v) is 11.2. The molecule has 2 unspecified atom stereocenters. The molecule has 16 heavy (non-hydrogen) atoms. The number of amides is 1. The van der Waals surface area contributed by atoms with Crippen LogP contribution in [0.2, 0.25) is 0 Å². The van der Waals surface area contributed by atoms with Crippen molar-refractivity contribution in [1.29, 1.82) is 0 Å². The van der Waals surface area contributed by atoms with E-state index in [2.05, 4.69) is 25.5 Å². The van der Waals surface area contributed by atoms with Crippen LogP contribution < -0.4 is 0 Å². The molecule has 0 bridgehead atoms. The summed E-state index contributed by atoms with van der Waals surface area (Å²) in [6.45, 7) is 3.14. The second-order valence-corrected chi connectivity index (χ2v) is 4.96. The summed E-state index contributed by atoms with van der Waals surface area (Å²) >= 11 is 4.56. The summed E-state index contributed by atoms with van der Waals surface area (Å²) in [7, 11) is 0. The van der Waals surface area contributed by atoms with Crippen molar-refractivity contribution in [2.45, 2.75) is 19.1 Å². The quantitative estimate of drug-likeness (QED) is 0.770. The summed E-state index contributed by atoms with van der Waals surface area (Å²) in [6, 6.07) is 0.0875. The Morgan fingerprint density at radius 1 is 1.81 bits per heavy atom. The number of carbonyl (C=O) groups is 1. The zero-order chi connectivity index (χ0) is 11.5. The van der Waals surface area contributed by atoms with Crippen molar-refractivity contribution in [1.82, 2.24) is 14.5 Å². The van der Waals surface area contributed by atoms with Crippen LogP contribution in [-0.2, 0) is 4.74 Å². The van der Waals surface area contributed by atoms with Gasteiger partial charge in [0.15, 0.2) is 5.69 Å². The molecule has 1 saturated heterocycles. The Balaban J connectivity index is 2.09. The first-order valence-corrected chi connectivity index (χ1v) is 6.93. The molecule has 0 radical (unpaired) electrons. The lowest BCUT2D eigenvalue weighted by Crippen LogP contribution is -2.51. The summed E-state index contributed by atoms with van der Waals surface area (Å²) in [5, 5.41) is 6.21. The van der Waals surface area contributed by atoms with Gasteiger partial charge in [-0.1, -0.05) is 20.4 Å². The van der Waals surface area contributed by atoms with Crippen LogP contribution in [0.4, 0.5) is 0 Å². The highest BCUT2D eigenvalue weighted by Gasteiger charge is 2.30. The first-order valence-electron chi connectivity index (χ1n) is 4.98. The van der Waals surface area contributed by atoms with E-state index in [4.69, 9.17) is 4.74 Å². The van der Waals surface area contributed by atoms with Crippen LogP contribution in [0.3, 0.4) is 0 Å². The second-order valence-electron chi connectivity index (χ2n) is 3.71. The molecular formula is C9H12BrN3O2S. The lowest BCUT2D eigenvalue weighted by Gasteiger charge is -2.37.